The third-order valence-corrected chi connectivity index (χ3v) is 5.11. The summed E-state index contributed by atoms with van der Waals surface area (Å²) in [6.07, 6.45) is 8.68. The van der Waals surface area contributed by atoms with Crippen LogP contribution in [0.3, 0.4) is 0 Å². The molecule has 1 aliphatic carbocycles. The molecule has 1 amide bonds. The van der Waals surface area contributed by atoms with Gasteiger partial charge in [-0.25, -0.2) is 0 Å². The molecule has 3 unspecified atom stereocenters. The number of amides is 1. The van der Waals surface area contributed by atoms with E-state index in [4.69, 9.17) is 0 Å². The Bertz CT molecular complexity index is 309. The van der Waals surface area contributed by atoms with Crippen molar-refractivity contribution in [1.82, 2.24) is 10.2 Å². The van der Waals surface area contributed by atoms with Crippen molar-refractivity contribution >= 4 is 5.91 Å². The van der Waals surface area contributed by atoms with Crippen molar-refractivity contribution in [2.75, 3.05) is 13.1 Å². The van der Waals surface area contributed by atoms with Crippen LogP contribution in [0.15, 0.2) is 0 Å². The van der Waals surface area contributed by atoms with Crippen LogP contribution in [0, 0.1) is 5.92 Å². The number of hydrogen-bond donors (Lipinski definition) is 1. The minimum Gasteiger partial charge on any atom is -0.338 e. The lowest BCUT2D eigenvalue weighted by Gasteiger charge is -2.36. The first-order chi connectivity index (χ1) is 8.21. The van der Waals surface area contributed by atoms with Crippen LogP contribution >= 0.6 is 0 Å². The Morgan fingerprint density at radius 1 is 1.24 bits per heavy atom. The highest BCUT2D eigenvalue weighted by atomic mass is 16.2. The van der Waals surface area contributed by atoms with Gasteiger partial charge in [0.15, 0.2) is 0 Å². The van der Waals surface area contributed by atoms with Gasteiger partial charge in [-0.3, -0.25) is 4.79 Å². The van der Waals surface area contributed by atoms with Gasteiger partial charge in [-0.15, -0.1) is 0 Å². The predicted molar refractivity (Wildman–Crippen MR) is 67.7 cm³/mol. The highest BCUT2D eigenvalue weighted by molar-refractivity contribution is 5.86. The lowest BCUT2D eigenvalue weighted by atomic mass is 9.84. The molecule has 0 aromatic rings. The topological polar surface area (TPSA) is 32.3 Å². The van der Waals surface area contributed by atoms with Crippen LogP contribution in [0.2, 0.25) is 0 Å². The molecule has 3 fully saturated rings. The molecule has 1 saturated carbocycles. The van der Waals surface area contributed by atoms with Gasteiger partial charge in [0.05, 0.1) is 5.54 Å². The number of nitrogens with one attached hydrogen (secondary N) is 1. The van der Waals surface area contributed by atoms with Gasteiger partial charge < -0.3 is 10.2 Å². The van der Waals surface area contributed by atoms with Crippen LogP contribution in [0.4, 0.5) is 0 Å². The van der Waals surface area contributed by atoms with Crippen molar-refractivity contribution in [3.8, 4) is 0 Å². The van der Waals surface area contributed by atoms with E-state index >= 15 is 0 Å². The molecule has 0 bridgehead atoms. The van der Waals surface area contributed by atoms with Crippen LogP contribution in [-0.2, 0) is 4.79 Å². The van der Waals surface area contributed by atoms with E-state index in [0.29, 0.717) is 11.9 Å². The number of hydrogen-bond acceptors (Lipinski definition) is 2. The molecular formula is C14H24N2O. The van der Waals surface area contributed by atoms with E-state index in [9.17, 15) is 4.79 Å². The average molecular weight is 236 g/mol. The van der Waals surface area contributed by atoms with Gasteiger partial charge in [0, 0.05) is 12.6 Å². The Balaban J connectivity index is 1.73. The number of carbonyl (C=O) groups is 1. The van der Waals surface area contributed by atoms with Crippen molar-refractivity contribution in [1.29, 1.82) is 0 Å². The van der Waals surface area contributed by atoms with Crippen molar-refractivity contribution in [3.05, 3.63) is 0 Å². The van der Waals surface area contributed by atoms with Gasteiger partial charge in [0.2, 0.25) is 5.91 Å². The van der Waals surface area contributed by atoms with E-state index in [2.05, 4.69) is 17.1 Å². The third-order valence-electron chi connectivity index (χ3n) is 5.11. The van der Waals surface area contributed by atoms with Gasteiger partial charge >= 0.3 is 0 Å². The first-order valence-corrected chi connectivity index (χ1v) is 7.27. The summed E-state index contributed by atoms with van der Waals surface area (Å²) in [4.78, 5) is 14.9. The molecule has 3 rings (SSSR count). The van der Waals surface area contributed by atoms with E-state index in [-0.39, 0.29) is 5.54 Å². The molecule has 17 heavy (non-hydrogen) atoms. The molecule has 3 heteroatoms. The molecule has 0 aromatic carbocycles. The van der Waals surface area contributed by atoms with Crippen molar-refractivity contribution in [2.24, 2.45) is 5.92 Å². The average Bonchev–Trinajstić information content (AvgIpc) is 2.95. The highest BCUT2D eigenvalue weighted by Gasteiger charge is 2.45. The van der Waals surface area contributed by atoms with Gasteiger partial charge in [-0.2, -0.15) is 0 Å². The molecular weight excluding hydrogens is 212 g/mol. The molecule has 96 valence electrons. The fraction of sp³-hybridized carbons (Fsp3) is 0.929. The number of nitrogens with zero attached hydrogens (tertiary/aromatic N) is 1. The summed E-state index contributed by atoms with van der Waals surface area (Å²) in [5.41, 5.74) is -0.258. The smallest absolute Gasteiger partial charge is 0.242 e. The fourth-order valence-corrected chi connectivity index (χ4v) is 4.05. The molecule has 1 N–H and O–H groups in total. The molecule has 3 nitrogen and oxygen atoms in total. The molecule has 2 saturated heterocycles. The van der Waals surface area contributed by atoms with Crippen molar-refractivity contribution < 1.29 is 4.79 Å². The fourth-order valence-electron chi connectivity index (χ4n) is 4.05. The Morgan fingerprint density at radius 3 is 2.82 bits per heavy atom. The van der Waals surface area contributed by atoms with E-state index in [1.165, 1.54) is 32.1 Å². The SMILES string of the molecule is CC1(C(=O)N2CCC3CCCCC32)CCCN1. The summed E-state index contributed by atoms with van der Waals surface area (Å²) in [5.74, 6) is 1.18. The molecule has 0 spiro atoms. The first-order valence-electron chi connectivity index (χ1n) is 7.27. The molecule has 2 heterocycles. The Labute approximate surface area is 104 Å². The number of rotatable bonds is 1. The van der Waals surface area contributed by atoms with Gasteiger partial charge in [-0.1, -0.05) is 12.8 Å². The number of fused-ring (bicyclic) bond motifs is 1. The van der Waals surface area contributed by atoms with Crippen LogP contribution < -0.4 is 5.32 Å². The zero-order valence-corrected chi connectivity index (χ0v) is 10.9. The summed E-state index contributed by atoms with van der Waals surface area (Å²) in [6.45, 7) is 4.11. The molecule has 3 atom stereocenters. The van der Waals surface area contributed by atoms with Crippen LogP contribution in [0.25, 0.3) is 0 Å². The van der Waals surface area contributed by atoms with Gasteiger partial charge in [-0.05, 0) is 51.5 Å². The third kappa shape index (κ3) is 1.88. The summed E-state index contributed by atoms with van der Waals surface area (Å²) < 4.78 is 0. The monoisotopic (exact) mass is 236 g/mol. The molecule has 2 aliphatic heterocycles. The lowest BCUT2D eigenvalue weighted by Crippen LogP contribution is -2.54. The summed E-state index contributed by atoms with van der Waals surface area (Å²) >= 11 is 0. The van der Waals surface area contributed by atoms with E-state index < -0.39 is 0 Å². The van der Waals surface area contributed by atoms with E-state index in [1.54, 1.807) is 0 Å². The molecule has 0 radical (unpaired) electrons. The standard InChI is InChI=1S/C14H24N2O/c1-14(8-4-9-15-14)13(17)16-10-7-11-5-2-3-6-12(11)16/h11-12,15H,2-10H2,1H3. The first kappa shape index (κ1) is 11.5. The minimum atomic E-state index is -0.258. The summed E-state index contributed by atoms with van der Waals surface area (Å²) in [7, 11) is 0. The normalized spacial score (nSPS) is 41.6. The van der Waals surface area contributed by atoms with Gasteiger partial charge in [0.25, 0.3) is 0 Å². The van der Waals surface area contributed by atoms with Crippen molar-refractivity contribution in [3.63, 3.8) is 0 Å². The quantitative estimate of drug-likeness (QED) is 0.754. The summed E-state index contributed by atoms with van der Waals surface area (Å²) in [5, 5.41) is 3.41. The van der Waals surface area contributed by atoms with Crippen molar-refractivity contribution in [2.45, 2.75) is 63.5 Å². The molecule has 3 aliphatic rings. The zero-order valence-electron chi connectivity index (χ0n) is 10.9. The van der Waals surface area contributed by atoms with E-state index in [1.807, 2.05) is 0 Å². The van der Waals surface area contributed by atoms with Crippen LogP contribution in [0.5, 0.6) is 0 Å². The Hall–Kier alpha value is -0.570. The van der Waals surface area contributed by atoms with Crippen LogP contribution in [0.1, 0.15) is 51.9 Å². The maximum atomic E-state index is 12.7. The minimum absolute atomic E-state index is 0.258. The second kappa shape index (κ2) is 4.27. The summed E-state index contributed by atoms with van der Waals surface area (Å²) in [6, 6.07) is 0.565. The Kier molecular flexibility index (Phi) is 2.89. The predicted octanol–water partition coefficient (Wildman–Crippen LogP) is 1.92. The maximum absolute atomic E-state index is 12.7. The second-order valence-corrected chi connectivity index (χ2v) is 6.26. The maximum Gasteiger partial charge on any atom is 0.242 e. The second-order valence-electron chi connectivity index (χ2n) is 6.26. The molecule has 0 aromatic heterocycles. The van der Waals surface area contributed by atoms with Crippen LogP contribution in [-0.4, -0.2) is 35.5 Å². The largest absolute Gasteiger partial charge is 0.338 e. The Morgan fingerprint density at radius 2 is 2.06 bits per heavy atom. The lowest BCUT2D eigenvalue weighted by molar-refractivity contribution is -0.138. The highest BCUT2D eigenvalue weighted by Crippen LogP contribution is 2.38. The van der Waals surface area contributed by atoms with E-state index in [0.717, 1.165) is 31.8 Å². The zero-order chi connectivity index (χ0) is 11.9. The number of likely N-dealkylation sites (tertiary alicyclic amines) is 1. The van der Waals surface area contributed by atoms with Gasteiger partial charge in [0.1, 0.15) is 0 Å². The number of carbonyl (C=O) groups excluding carboxylic acids is 1.